The summed E-state index contributed by atoms with van der Waals surface area (Å²) in [7, 11) is 1.58. The van der Waals surface area contributed by atoms with Crippen molar-refractivity contribution in [1.82, 2.24) is 14.7 Å². The topological polar surface area (TPSA) is 88.5 Å². The first-order valence-electron chi connectivity index (χ1n) is 12.3. The van der Waals surface area contributed by atoms with E-state index in [1.165, 1.54) is 4.90 Å². The normalized spacial score (nSPS) is 10.8. The third kappa shape index (κ3) is 6.98. The third-order valence-corrected chi connectivity index (χ3v) is 5.74. The molecule has 8 nitrogen and oxygen atoms in total. The molecule has 0 saturated carbocycles. The minimum absolute atomic E-state index is 0.0242. The number of hydrogen-bond acceptors (Lipinski definition) is 4. The smallest absolute Gasteiger partial charge is 0.322 e. The van der Waals surface area contributed by atoms with Crippen LogP contribution >= 0.6 is 0 Å². The van der Waals surface area contributed by atoms with E-state index in [1.807, 2.05) is 56.3 Å². The van der Waals surface area contributed by atoms with Gasteiger partial charge in [-0.05, 0) is 42.3 Å². The highest BCUT2D eigenvalue weighted by Gasteiger charge is 2.21. The number of aromatic nitrogens is 2. The van der Waals surface area contributed by atoms with E-state index in [0.29, 0.717) is 29.0 Å². The Kier molecular flexibility index (Phi) is 8.55. The molecule has 0 unspecified atom stereocenters. The van der Waals surface area contributed by atoms with E-state index in [2.05, 4.69) is 10.6 Å². The maximum absolute atomic E-state index is 14.1. The third-order valence-electron chi connectivity index (χ3n) is 5.74. The lowest BCUT2D eigenvalue weighted by Gasteiger charge is -2.24. The van der Waals surface area contributed by atoms with Crippen molar-refractivity contribution in [2.45, 2.75) is 13.8 Å². The average Bonchev–Trinajstić information content (AvgIpc) is 3.33. The highest BCUT2D eigenvalue weighted by Crippen LogP contribution is 2.26. The van der Waals surface area contributed by atoms with Gasteiger partial charge >= 0.3 is 6.03 Å². The molecule has 0 saturated heterocycles. The molecule has 1 aromatic heterocycles. The van der Waals surface area contributed by atoms with Gasteiger partial charge in [0.05, 0.1) is 24.2 Å². The summed E-state index contributed by atoms with van der Waals surface area (Å²) in [6, 6.07) is 20.6. The van der Waals surface area contributed by atoms with Gasteiger partial charge in [-0.1, -0.05) is 44.2 Å². The molecule has 0 radical (unpaired) electrons. The molecule has 4 rings (SSSR count). The molecule has 0 atom stereocenters. The van der Waals surface area contributed by atoms with Gasteiger partial charge in [0, 0.05) is 24.2 Å². The summed E-state index contributed by atoms with van der Waals surface area (Å²) < 4.78 is 34.2. The van der Waals surface area contributed by atoms with Crippen molar-refractivity contribution in [3.05, 3.63) is 90.5 Å². The average molecular weight is 534 g/mol. The summed E-state index contributed by atoms with van der Waals surface area (Å²) >= 11 is 0. The first-order valence-corrected chi connectivity index (χ1v) is 12.3. The van der Waals surface area contributed by atoms with Gasteiger partial charge in [-0.2, -0.15) is 5.10 Å². The fourth-order valence-corrected chi connectivity index (χ4v) is 3.94. The van der Waals surface area contributed by atoms with Crippen LogP contribution in [0.4, 0.5) is 25.1 Å². The van der Waals surface area contributed by atoms with Gasteiger partial charge in [-0.3, -0.25) is 4.79 Å². The Morgan fingerprint density at radius 1 is 0.974 bits per heavy atom. The van der Waals surface area contributed by atoms with E-state index in [9.17, 15) is 18.4 Å². The molecule has 3 amide bonds. The van der Waals surface area contributed by atoms with E-state index >= 15 is 0 Å². The molecule has 0 aliphatic heterocycles. The van der Waals surface area contributed by atoms with Gasteiger partial charge in [0.2, 0.25) is 5.91 Å². The van der Waals surface area contributed by atoms with Crippen LogP contribution in [0.25, 0.3) is 16.9 Å². The lowest BCUT2D eigenvalue weighted by atomic mass is 10.1. The molecule has 10 heteroatoms. The summed E-state index contributed by atoms with van der Waals surface area (Å²) in [6.45, 7) is 3.71. The first-order chi connectivity index (χ1) is 18.7. The molecular formula is C29H29F2N5O3. The number of methoxy groups -OCH3 is 1. The molecule has 202 valence electrons. The molecule has 4 aromatic rings. The number of ether oxygens (including phenoxy) is 1. The van der Waals surface area contributed by atoms with E-state index in [4.69, 9.17) is 9.84 Å². The Hall–Kier alpha value is -4.73. The van der Waals surface area contributed by atoms with Crippen LogP contribution in [0.15, 0.2) is 78.9 Å². The van der Waals surface area contributed by atoms with Crippen LogP contribution in [0.5, 0.6) is 5.75 Å². The molecule has 0 spiro atoms. The van der Waals surface area contributed by atoms with Crippen LogP contribution < -0.4 is 15.4 Å². The Morgan fingerprint density at radius 3 is 2.33 bits per heavy atom. The van der Waals surface area contributed by atoms with Crippen molar-refractivity contribution in [2.75, 3.05) is 30.8 Å². The number of benzene rings is 3. The van der Waals surface area contributed by atoms with Crippen molar-refractivity contribution in [3.63, 3.8) is 0 Å². The highest BCUT2D eigenvalue weighted by atomic mass is 19.1. The van der Waals surface area contributed by atoms with Gasteiger partial charge in [0.15, 0.2) is 0 Å². The van der Waals surface area contributed by atoms with E-state index in [-0.39, 0.29) is 24.7 Å². The van der Waals surface area contributed by atoms with Crippen molar-refractivity contribution in [2.24, 2.45) is 5.92 Å². The second-order valence-electron chi connectivity index (χ2n) is 9.27. The van der Waals surface area contributed by atoms with Gasteiger partial charge in [0.25, 0.3) is 0 Å². The minimum Gasteiger partial charge on any atom is -0.497 e. The number of halogens is 2. The van der Waals surface area contributed by atoms with Crippen LogP contribution in [0.3, 0.4) is 0 Å². The monoisotopic (exact) mass is 533 g/mol. The van der Waals surface area contributed by atoms with Crippen molar-refractivity contribution >= 4 is 23.4 Å². The molecule has 0 bridgehead atoms. The Morgan fingerprint density at radius 2 is 1.69 bits per heavy atom. The van der Waals surface area contributed by atoms with Crippen molar-refractivity contribution in [1.29, 1.82) is 0 Å². The number of urea groups is 1. The minimum atomic E-state index is -0.908. The molecule has 39 heavy (non-hydrogen) atoms. The zero-order valence-corrected chi connectivity index (χ0v) is 21.8. The number of hydrogen-bond donors (Lipinski definition) is 2. The van der Waals surface area contributed by atoms with Crippen LogP contribution in [-0.4, -0.2) is 46.8 Å². The Bertz CT molecular complexity index is 1440. The predicted molar refractivity (Wildman–Crippen MR) is 146 cm³/mol. The zero-order valence-electron chi connectivity index (χ0n) is 21.8. The van der Waals surface area contributed by atoms with Crippen molar-refractivity contribution < 1.29 is 23.1 Å². The van der Waals surface area contributed by atoms with Gasteiger partial charge in [-0.15, -0.1) is 0 Å². The lowest BCUT2D eigenvalue weighted by Crippen LogP contribution is -2.42. The molecule has 3 aromatic carbocycles. The zero-order chi connectivity index (χ0) is 27.9. The number of anilines is 2. The molecule has 0 aliphatic carbocycles. The van der Waals surface area contributed by atoms with E-state index < -0.39 is 23.6 Å². The van der Waals surface area contributed by atoms with E-state index in [1.54, 1.807) is 30.0 Å². The molecule has 1 heterocycles. The number of amides is 3. The Labute approximate surface area is 225 Å². The second kappa shape index (κ2) is 12.2. The summed E-state index contributed by atoms with van der Waals surface area (Å²) in [4.78, 5) is 27.4. The van der Waals surface area contributed by atoms with Crippen LogP contribution in [0, 0.1) is 17.6 Å². The lowest BCUT2D eigenvalue weighted by molar-refractivity contribution is -0.116. The molecule has 0 fully saturated rings. The van der Waals surface area contributed by atoms with Crippen LogP contribution in [-0.2, 0) is 4.79 Å². The molecular weight excluding hydrogens is 504 g/mol. The molecule has 2 N–H and O–H groups in total. The van der Waals surface area contributed by atoms with Gasteiger partial charge in [-0.25, -0.2) is 18.3 Å². The summed E-state index contributed by atoms with van der Waals surface area (Å²) in [6.07, 6.45) is 0. The fraction of sp³-hybridized carbons (Fsp3) is 0.207. The SMILES string of the molecule is COc1ccc(-n2nc(-c3ccccc3)cc2NC(=O)CN(CC(C)C)C(=O)Nc2ccc(F)cc2F)cc1. The van der Waals surface area contributed by atoms with Crippen LogP contribution in [0.2, 0.25) is 0 Å². The predicted octanol–water partition coefficient (Wildman–Crippen LogP) is 5.95. The standard InChI is InChI=1S/C29H29F2N5O3/c1-19(2)17-35(29(38)32-25-14-9-21(30)15-24(25)31)18-28(37)33-27-16-26(20-7-5-4-6-8-20)34-36(27)22-10-12-23(39-3)13-11-22/h4-16,19H,17-18H2,1-3H3,(H,32,38)(H,33,37). The van der Waals surface area contributed by atoms with Crippen molar-refractivity contribution in [3.8, 4) is 22.7 Å². The summed E-state index contributed by atoms with van der Waals surface area (Å²) in [5, 5.41) is 9.97. The number of nitrogens with zero attached hydrogens (tertiary/aromatic N) is 3. The summed E-state index contributed by atoms with van der Waals surface area (Å²) in [5.41, 5.74) is 2.02. The molecule has 0 aliphatic rings. The number of rotatable bonds is 9. The number of nitrogens with one attached hydrogen (secondary N) is 2. The highest BCUT2D eigenvalue weighted by molar-refractivity contribution is 5.97. The second-order valence-corrected chi connectivity index (χ2v) is 9.27. The van der Waals surface area contributed by atoms with Crippen LogP contribution in [0.1, 0.15) is 13.8 Å². The number of carbonyl (C=O) groups excluding carboxylic acids is 2. The van der Waals surface area contributed by atoms with Gasteiger partial charge in [0.1, 0.15) is 29.7 Å². The maximum atomic E-state index is 14.1. The Balaban J connectivity index is 1.57. The van der Waals surface area contributed by atoms with Gasteiger partial charge < -0.3 is 20.3 Å². The number of carbonyl (C=O) groups is 2. The fourth-order valence-electron chi connectivity index (χ4n) is 3.94. The maximum Gasteiger partial charge on any atom is 0.322 e. The summed E-state index contributed by atoms with van der Waals surface area (Å²) in [5.74, 6) is -1.04. The largest absolute Gasteiger partial charge is 0.497 e. The quantitative estimate of drug-likeness (QED) is 0.278. The first kappa shape index (κ1) is 27.3. The van der Waals surface area contributed by atoms with E-state index in [0.717, 1.165) is 17.7 Å².